The van der Waals surface area contributed by atoms with Crippen LogP contribution in [0.4, 0.5) is 5.69 Å². The molecular formula is C19H19Cl2NO4. The molecule has 26 heavy (non-hydrogen) atoms. The molecule has 2 rings (SSSR count). The van der Waals surface area contributed by atoms with Crippen molar-refractivity contribution < 1.29 is 19.1 Å². The molecule has 0 bridgehead atoms. The van der Waals surface area contributed by atoms with Gasteiger partial charge in [-0.1, -0.05) is 47.5 Å². The molecule has 0 aliphatic heterocycles. The van der Waals surface area contributed by atoms with Gasteiger partial charge >= 0.3 is 5.97 Å². The van der Waals surface area contributed by atoms with Gasteiger partial charge in [-0.05, 0) is 37.1 Å². The zero-order valence-corrected chi connectivity index (χ0v) is 15.8. The molecule has 0 heterocycles. The Morgan fingerprint density at radius 2 is 1.73 bits per heavy atom. The molecule has 0 radical (unpaired) electrons. The molecule has 0 saturated heterocycles. The molecule has 2 aromatic carbocycles. The largest absolute Gasteiger partial charge is 0.494 e. The van der Waals surface area contributed by atoms with Crippen LogP contribution in [0.15, 0.2) is 42.5 Å². The van der Waals surface area contributed by atoms with E-state index in [2.05, 4.69) is 5.32 Å². The minimum atomic E-state index is -0.511. The van der Waals surface area contributed by atoms with Crippen LogP contribution in [0.3, 0.4) is 0 Å². The smallest absolute Gasteiger partial charge is 0.306 e. The molecule has 0 spiro atoms. The van der Waals surface area contributed by atoms with Crippen molar-refractivity contribution in [1.29, 1.82) is 0 Å². The highest BCUT2D eigenvalue weighted by molar-refractivity contribution is 6.39. The zero-order chi connectivity index (χ0) is 18.9. The van der Waals surface area contributed by atoms with Crippen molar-refractivity contribution in [3.63, 3.8) is 0 Å². The highest BCUT2D eigenvalue weighted by Crippen LogP contribution is 2.29. The number of carbonyl (C=O) groups excluding carboxylic acids is 2. The van der Waals surface area contributed by atoms with Crippen molar-refractivity contribution in [3.05, 3.63) is 58.1 Å². The van der Waals surface area contributed by atoms with Crippen LogP contribution in [0, 0.1) is 0 Å². The number of para-hydroxylation sites is 2. The molecule has 0 fully saturated rings. The van der Waals surface area contributed by atoms with Crippen molar-refractivity contribution in [2.24, 2.45) is 0 Å². The summed E-state index contributed by atoms with van der Waals surface area (Å²) in [5.41, 5.74) is 1.21. The number of aryl methyl sites for hydroxylation is 1. The maximum atomic E-state index is 11.9. The summed E-state index contributed by atoms with van der Waals surface area (Å²) in [5, 5.41) is 3.15. The van der Waals surface area contributed by atoms with Crippen LogP contribution in [0.1, 0.15) is 18.9 Å². The monoisotopic (exact) mass is 395 g/mol. The number of halogens is 2. The highest BCUT2D eigenvalue weighted by atomic mass is 35.5. The summed E-state index contributed by atoms with van der Waals surface area (Å²) in [4.78, 5) is 23.8. The number of hydrogen-bond acceptors (Lipinski definition) is 4. The maximum absolute atomic E-state index is 11.9. The Kier molecular flexibility index (Phi) is 7.75. The van der Waals surface area contributed by atoms with Crippen molar-refractivity contribution in [1.82, 2.24) is 0 Å². The molecule has 7 heteroatoms. The van der Waals surface area contributed by atoms with Gasteiger partial charge in [-0.3, -0.25) is 9.59 Å². The van der Waals surface area contributed by atoms with Crippen LogP contribution in [0.5, 0.6) is 5.75 Å². The van der Waals surface area contributed by atoms with Crippen molar-refractivity contribution in [3.8, 4) is 5.75 Å². The van der Waals surface area contributed by atoms with E-state index in [1.165, 1.54) is 0 Å². The second-order valence-electron chi connectivity index (χ2n) is 5.35. The lowest BCUT2D eigenvalue weighted by Gasteiger charge is -2.11. The van der Waals surface area contributed by atoms with E-state index in [4.69, 9.17) is 32.7 Å². The molecule has 0 aromatic heterocycles. The van der Waals surface area contributed by atoms with Gasteiger partial charge in [0.05, 0.1) is 22.3 Å². The summed E-state index contributed by atoms with van der Waals surface area (Å²) >= 11 is 12.0. The van der Waals surface area contributed by atoms with Crippen LogP contribution in [-0.2, 0) is 20.7 Å². The van der Waals surface area contributed by atoms with Crippen LogP contribution in [0.25, 0.3) is 0 Å². The Morgan fingerprint density at radius 1 is 1.04 bits per heavy atom. The van der Waals surface area contributed by atoms with Gasteiger partial charge in [0.1, 0.15) is 5.75 Å². The Bertz CT molecular complexity index is 760. The first kappa shape index (κ1) is 20.1. The van der Waals surface area contributed by atoms with Crippen molar-refractivity contribution >= 4 is 40.8 Å². The van der Waals surface area contributed by atoms with E-state index in [9.17, 15) is 9.59 Å². The number of hydrogen-bond donors (Lipinski definition) is 1. The maximum Gasteiger partial charge on any atom is 0.306 e. The van der Waals surface area contributed by atoms with E-state index in [1.54, 1.807) is 18.2 Å². The third-order valence-corrected chi connectivity index (χ3v) is 4.09. The van der Waals surface area contributed by atoms with E-state index in [0.717, 1.165) is 11.3 Å². The van der Waals surface area contributed by atoms with Gasteiger partial charge < -0.3 is 14.8 Å². The molecule has 0 aliphatic rings. The van der Waals surface area contributed by atoms with Gasteiger partial charge in [-0.15, -0.1) is 0 Å². The predicted molar refractivity (Wildman–Crippen MR) is 102 cm³/mol. The quantitative estimate of drug-likeness (QED) is 0.667. The number of amides is 1. The lowest BCUT2D eigenvalue weighted by molar-refractivity contribution is -0.147. The highest BCUT2D eigenvalue weighted by Gasteiger charge is 2.13. The van der Waals surface area contributed by atoms with Gasteiger partial charge in [-0.25, -0.2) is 0 Å². The average Bonchev–Trinajstić information content (AvgIpc) is 2.62. The normalized spacial score (nSPS) is 10.3. The molecule has 138 valence electrons. The van der Waals surface area contributed by atoms with E-state index in [0.29, 0.717) is 28.8 Å². The predicted octanol–water partition coefficient (Wildman–Crippen LogP) is 4.51. The average molecular weight is 396 g/mol. The fourth-order valence-electron chi connectivity index (χ4n) is 2.25. The Balaban J connectivity index is 1.81. The summed E-state index contributed by atoms with van der Waals surface area (Å²) < 4.78 is 10.5. The van der Waals surface area contributed by atoms with Gasteiger partial charge in [0, 0.05) is 6.42 Å². The first-order chi connectivity index (χ1) is 12.5. The number of esters is 1. The van der Waals surface area contributed by atoms with Crippen LogP contribution in [0.2, 0.25) is 10.0 Å². The molecule has 0 aliphatic carbocycles. The Labute approximate surface area is 162 Å². The molecule has 5 nitrogen and oxygen atoms in total. The van der Waals surface area contributed by atoms with E-state index >= 15 is 0 Å². The lowest BCUT2D eigenvalue weighted by Crippen LogP contribution is -2.21. The first-order valence-corrected chi connectivity index (χ1v) is 8.87. The van der Waals surface area contributed by atoms with E-state index < -0.39 is 18.5 Å². The SMILES string of the molecule is CCOc1ccccc1CCC(=O)OCC(=O)Nc1c(Cl)cccc1Cl. The number of rotatable bonds is 8. The standard InChI is InChI=1S/C19H19Cl2NO4/c1-2-25-16-9-4-3-6-13(16)10-11-18(24)26-12-17(23)22-19-14(20)7-5-8-15(19)21/h3-9H,2,10-12H2,1H3,(H,22,23). The Hall–Kier alpha value is -2.24. The van der Waals surface area contributed by atoms with Gasteiger partial charge in [0.2, 0.25) is 0 Å². The summed E-state index contributed by atoms with van der Waals surface area (Å²) in [6, 6.07) is 12.4. The van der Waals surface area contributed by atoms with Gasteiger partial charge in [0.15, 0.2) is 6.61 Å². The zero-order valence-electron chi connectivity index (χ0n) is 14.3. The molecule has 0 atom stereocenters. The minimum Gasteiger partial charge on any atom is -0.494 e. The Morgan fingerprint density at radius 3 is 2.42 bits per heavy atom. The summed E-state index contributed by atoms with van der Waals surface area (Å²) in [7, 11) is 0. The number of benzene rings is 2. The van der Waals surface area contributed by atoms with Gasteiger partial charge in [0.25, 0.3) is 5.91 Å². The summed E-state index contributed by atoms with van der Waals surface area (Å²) in [6.07, 6.45) is 0.608. The van der Waals surface area contributed by atoms with Crippen molar-refractivity contribution in [2.75, 3.05) is 18.5 Å². The number of carbonyl (C=O) groups is 2. The number of nitrogens with one attached hydrogen (secondary N) is 1. The van der Waals surface area contributed by atoms with Crippen LogP contribution >= 0.6 is 23.2 Å². The molecule has 0 saturated carbocycles. The van der Waals surface area contributed by atoms with Crippen LogP contribution in [-0.4, -0.2) is 25.1 Å². The fourth-order valence-corrected chi connectivity index (χ4v) is 2.75. The molecular weight excluding hydrogens is 377 g/mol. The molecule has 0 unspecified atom stereocenters. The summed E-state index contributed by atoms with van der Waals surface area (Å²) in [6.45, 7) is 2.04. The molecule has 1 N–H and O–H groups in total. The second kappa shape index (κ2) is 10.0. The van der Waals surface area contributed by atoms with Gasteiger partial charge in [-0.2, -0.15) is 0 Å². The third-order valence-electron chi connectivity index (χ3n) is 3.46. The minimum absolute atomic E-state index is 0.143. The lowest BCUT2D eigenvalue weighted by atomic mass is 10.1. The first-order valence-electron chi connectivity index (χ1n) is 8.11. The molecule has 2 aromatic rings. The van der Waals surface area contributed by atoms with E-state index in [1.807, 2.05) is 31.2 Å². The summed E-state index contributed by atoms with van der Waals surface area (Å²) in [5.74, 6) is -0.242. The molecule has 1 amide bonds. The third kappa shape index (κ3) is 5.93. The fraction of sp³-hybridized carbons (Fsp3) is 0.263. The van der Waals surface area contributed by atoms with Crippen molar-refractivity contribution in [2.45, 2.75) is 19.8 Å². The second-order valence-corrected chi connectivity index (χ2v) is 6.16. The van der Waals surface area contributed by atoms with E-state index in [-0.39, 0.29) is 6.42 Å². The van der Waals surface area contributed by atoms with Crippen LogP contribution < -0.4 is 10.1 Å². The topological polar surface area (TPSA) is 64.6 Å². The number of ether oxygens (including phenoxy) is 2. The number of anilines is 1.